The molecule has 0 spiro atoms. The summed E-state index contributed by atoms with van der Waals surface area (Å²) in [4.78, 5) is 12.7. The Bertz CT molecular complexity index is 868. The summed E-state index contributed by atoms with van der Waals surface area (Å²) < 4.78 is 13.5. The van der Waals surface area contributed by atoms with Crippen LogP contribution in [-0.2, 0) is 17.8 Å². The lowest BCUT2D eigenvalue weighted by atomic mass is 9.95. The summed E-state index contributed by atoms with van der Waals surface area (Å²) in [5.41, 5.74) is 1.03. The molecule has 4 rings (SSSR count). The van der Waals surface area contributed by atoms with E-state index in [4.69, 9.17) is 9.47 Å². The Balaban J connectivity index is 1.40. The summed E-state index contributed by atoms with van der Waals surface area (Å²) in [6.07, 6.45) is 4.50. The number of nitrogens with one attached hydrogen (secondary N) is 1. The number of rotatable bonds is 6. The third kappa shape index (κ3) is 4.69. The number of amides is 1. The molecule has 0 saturated heterocycles. The van der Waals surface area contributed by atoms with Crippen molar-refractivity contribution >= 4 is 17.7 Å². The average Bonchev–Trinajstić information content (AvgIpc) is 2.96. The number of carbonyl (C=O) groups excluding carboxylic acids is 1. The van der Waals surface area contributed by atoms with Gasteiger partial charge in [0.05, 0.1) is 11.8 Å². The number of fused-ring (bicyclic) bond motifs is 2. The van der Waals surface area contributed by atoms with Crippen LogP contribution >= 0.6 is 11.8 Å². The van der Waals surface area contributed by atoms with Crippen LogP contribution in [0.25, 0.3) is 0 Å². The Hall–Kier alpha value is -2.22. The Morgan fingerprint density at radius 2 is 2.00 bits per heavy atom. The van der Waals surface area contributed by atoms with E-state index in [9.17, 15) is 4.79 Å². The Morgan fingerprint density at radius 1 is 1.17 bits per heavy atom. The Morgan fingerprint density at radius 3 is 2.83 bits per heavy atom. The zero-order chi connectivity index (χ0) is 20.2. The number of aryl methyl sites for hydroxylation is 1. The van der Waals surface area contributed by atoms with Crippen LogP contribution in [0.15, 0.2) is 23.4 Å². The SMILES string of the molecule is CC(C)C(NC(=O)CSc1nnc2n1CCCCC2)c1ccc2c(c1)OCCO2. The highest BCUT2D eigenvalue weighted by Gasteiger charge is 2.22. The van der Waals surface area contributed by atoms with Crippen molar-refractivity contribution in [1.29, 1.82) is 0 Å². The number of thioether (sulfide) groups is 1. The van der Waals surface area contributed by atoms with Gasteiger partial charge in [-0.1, -0.05) is 38.1 Å². The van der Waals surface area contributed by atoms with Gasteiger partial charge >= 0.3 is 0 Å². The summed E-state index contributed by atoms with van der Waals surface area (Å²) in [6, 6.07) is 5.81. The van der Waals surface area contributed by atoms with Crippen LogP contribution in [0.4, 0.5) is 0 Å². The lowest BCUT2D eigenvalue weighted by Gasteiger charge is -2.25. The summed E-state index contributed by atoms with van der Waals surface area (Å²) >= 11 is 1.46. The maximum atomic E-state index is 12.7. The van der Waals surface area contributed by atoms with Gasteiger partial charge in [0.1, 0.15) is 19.0 Å². The molecule has 1 amide bonds. The van der Waals surface area contributed by atoms with Gasteiger partial charge in [-0.15, -0.1) is 10.2 Å². The Kier molecular flexibility index (Phi) is 6.28. The molecule has 0 aliphatic carbocycles. The smallest absolute Gasteiger partial charge is 0.230 e. The number of aromatic nitrogens is 3. The molecule has 1 aromatic carbocycles. The number of ether oxygens (including phenoxy) is 2. The average molecular weight is 417 g/mol. The minimum absolute atomic E-state index is 0.00504. The molecule has 3 heterocycles. The first-order chi connectivity index (χ1) is 14.1. The van der Waals surface area contributed by atoms with Gasteiger partial charge in [0.25, 0.3) is 0 Å². The van der Waals surface area contributed by atoms with Crippen LogP contribution < -0.4 is 14.8 Å². The second-order valence-corrected chi connectivity index (χ2v) is 8.78. The van der Waals surface area contributed by atoms with Crippen molar-refractivity contribution in [3.8, 4) is 11.5 Å². The van der Waals surface area contributed by atoms with Gasteiger partial charge in [0.2, 0.25) is 5.91 Å². The van der Waals surface area contributed by atoms with Crippen LogP contribution in [0.5, 0.6) is 11.5 Å². The maximum Gasteiger partial charge on any atom is 0.230 e. The van der Waals surface area contributed by atoms with Crippen molar-refractivity contribution in [1.82, 2.24) is 20.1 Å². The highest BCUT2D eigenvalue weighted by molar-refractivity contribution is 7.99. The van der Waals surface area contributed by atoms with E-state index in [0.717, 1.165) is 53.9 Å². The van der Waals surface area contributed by atoms with Crippen molar-refractivity contribution in [3.63, 3.8) is 0 Å². The molecule has 1 N–H and O–H groups in total. The molecule has 2 aliphatic rings. The number of hydrogen-bond donors (Lipinski definition) is 1. The molecule has 2 aromatic rings. The molecule has 0 radical (unpaired) electrons. The molecule has 1 unspecified atom stereocenters. The molecule has 0 saturated carbocycles. The predicted molar refractivity (Wildman–Crippen MR) is 111 cm³/mol. The van der Waals surface area contributed by atoms with Gasteiger partial charge < -0.3 is 19.4 Å². The van der Waals surface area contributed by atoms with Crippen molar-refractivity contribution in [3.05, 3.63) is 29.6 Å². The largest absolute Gasteiger partial charge is 0.486 e. The maximum absolute atomic E-state index is 12.7. The van der Waals surface area contributed by atoms with Gasteiger partial charge in [-0.05, 0) is 36.5 Å². The first-order valence-electron chi connectivity index (χ1n) is 10.4. The number of hydrogen-bond acceptors (Lipinski definition) is 6. The van der Waals surface area contributed by atoms with E-state index >= 15 is 0 Å². The molecule has 0 fully saturated rings. The van der Waals surface area contributed by atoms with E-state index in [-0.39, 0.29) is 17.9 Å². The van der Waals surface area contributed by atoms with Gasteiger partial charge in [-0.25, -0.2) is 0 Å². The van der Waals surface area contributed by atoms with Crippen LogP contribution in [0.3, 0.4) is 0 Å². The van der Waals surface area contributed by atoms with Crippen molar-refractivity contribution < 1.29 is 14.3 Å². The number of carbonyl (C=O) groups is 1. The molecule has 2 aliphatic heterocycles. The number of benzene rings is 1. The van der Waals surface area contributed by atoms with Crippen LogP contribution in [0.2, 0.25) is 0 Å². The molecule has 8 heteroatoms. The third-order valence-electron chi connectivity index (χ3n) is 5.32. The van der Waals surface area contributed by atoms with Crippen LogP contribution in [-0.4, -0.2) is 39.6 Å². The van der Waals surface area contributed by atoms with E-state index in [0.29, 0.717) is 19.0 Å². The summed E-state index contributed by atoms with van der Waals surface area (Å²) in [6.45, 7) is 6.27. The number of nitrogens with zero attached hydrogens (tertiary/aromatic N) is 3. The summed E-state index contributed by atoms with van der Waals surface area (Å²) in [5, 5.41) is 12.6. The minimum Gasteiger partial charge on any atom is -0.486 e. The standard InChI is InChI=1S/C21H28N4O3S/c1-14(2)20(15-7-8-16-17(12-15)28-11-10-27-16)22-19(26)13-29-21-24-23-18-6-4-3-5-9-25(18)21/h7-8,12,14,20H,3-6,9-11,13H2,1-2H3,(H,22,26). The monoisotopic (exact) mass is 416 g/mol. The quantitative estimate of drug-likeness (QED) is 0.728. The van der Waals surface area contributed by atoms with Crippen molar-refractivity contribution in [2.24, 2.45) is 5.92 Å². The van der Waals surface area contributed by atoms with Gasteiger partial charge in [0.15, 0.2) is 16.7 Å². The first kappa shape index (κ1) is 20.1. The highest BCUT2D eigenvalue weighted by Crippen LogP contribution is 2.34. The highest BCUT2D eigenvalue weighted by atomic mass is 32.2. The summed E-state index contributed by atoms with van der Waals surface area (Å²) in [7, 11) is 0. The van der Waals surface area contributed by atoms with E-state index in [1.807, 2.05) is 18.2 Å². The molecule has 7 nitrogen and oxygen atoms in total. The van der Waals surface area contributed by atoms with Crippen molar-refractivity contribution in [2.45, 2.75) is 57.3 Å². The summed E-state index contributed by atoms with van der Waals surface area (Å²) in [5.74, 6) is 3.12. The van der Waals surface area contributed by atoms with Gasteiger partial charge in [-0.3, -0.25) is 4.79 Å². The zero-order valence-corrected chi connectivity index (χ0v) is 17.8. The Labute approximate surface area is 175 Å². The van der Waals surface area contributed by atoms with E-state index < -0.39 is 0 Å². The second kappa shape index (κ2) is 9.07. The van der Waals surface area contributed by atoms with Crippen LogP contribution in [0.1, 0.15) is 50.5 Å². The normalized spacial score (nSPS) is 16.8. The minimum atomic E-state index is -0.0885. The second-order valence-electron chi connectivity index (χ2n) is 7.84. The first-order valence-corrected chi connectivity index (χ1v) is 11.3. The van der Waals surface area contributed by atoms with Gasteiger partial charge in [-0.2, -0.15) is 0 Å². The molecule has 29 heavy (non-hydrogen) atoms. The fourth-order valence-corrected chi connectivity index (χ4v) is 4.59. The van der Waals surface area contributed by atoms with E-state index in [1.54, 1.807) is 0 Å². The predicted octanol–water partition coefficient (Wildman–Crippen LogP) is 3.38. The van der Waals surface area contributed by atoms with E-state index in [1.165, 1.54) is 18.2 Å². The third-order valence-corrected chi connectivity index (χ3v) is 6.28. The van der Waals surface area contributed by atoms with Gasteiger partial charge in [0, 0.05) is 13.0 Å². The van der Waals surface area contributed by atoms with Crippen LogP contribution in [0, 0.1) is 5.92 Å². The molecule has 0 bridgehead atoms. The van der Waals surface area contributed by atoms with E-state index in [2.05, 4.69) is 33.9 Å². The fourth-order valence-electron chi connectivity index (χ4n) is 3.80. The fraction of sp³-hybridized carbons (Fsp3) is 0.571. The molecule has 1 atom stereocenters. The molecular weight excluding hydrogens is 388 g/mol. The topological polar surface area (TPSA) is 78.3 Å². The molecular formula is C21H28N4O3S. The zero-order valence-electron chi connectivity index (χ0n) is 17.0. The lowest BCUT2D eigenvalue weighted by molar-refractivity contribution is -0.119. The lowest BCUT2D eigenvalue weighted by Crippen LogP contribution is -2.33. The molecule has 1 aromatic heterocycles. The van der Waals surface area contributed by atoms with Crippen molar-refractivity contribution in [2.75, 3.05) is 19.0 Å². The molecule has 156 valence electrons.